The monoisotopic (exact) mass is 264 g/mol. The van der Waals surface area contributed by atoms with Crippen LogP contribution in [0.15, 0.2) is 28.9 Å². The van der Waals surface area contributed by atoms with E-state index < -0.39 is 11.6 Å². The van der Waals surface area contributed by atoms with E-state index in [2.05, 4.69) is 0 Å². The first-order valence-electron chi connectivity index (χ1n) is 5.58. The lowest BCUT2D eigenvalue weighted by Gasteiger charge is -2.09. The number of rotatable bonds is 4. The molecule has 0 spiro atoms. The van der Waals surface area contributed by atoms with Crippen LogP contribution in [0.25, 0.3) is 0 Å². The first-order chi connectivity index (χ1) is 9.06. The minimum absolute atomic E-state index is 0.0848. The summed E-state index contributed by atoms with van der Waals surface area (Å²) in [6.45, 7) is 1.71. The van der Waals surface area contributed by atoms with Gasteiger partial charge in [-0.3, -0.25) is 4.79 Å². The van der Waals surface area contributed by atoms with Gasteiger partial charge in [0.25, 0.3) is 0 Å². The van der Waals surface area contributed by atoms with Crippen molar-refractivity contribution in [1.82, 2.24) is 0 Å². The lowest BCUT2D eigenvalue weighted by atomic mass is 10.0. The summed E-state index contributed by atoms with van der Waals surface area (Å²) in [6, 6.07) is 4.00. The quantitative estimate of drug-likeness (QED) is 0.796. The molecular weight excluding hydrogens is 251 g/mol. The molecule has 0 aliphatic heterocycles. The predicted octanol–water partition coefficient (Wildman–Crippen LogP) is 2.98. The van der Waals surface area contributed by atoms with E-state index >= 15 is 0 Å². The maximum absolute atomic E-state index is 13.9. The second kappa shape index (κ2) is 5.14. The molecule has 0 saturated carbocycles. The van der Waals surface area contributed by atoms with Crippen LogP contribution in [0.5, 0.6) is 11.5 Å². The first kappa shape index (κ1) is 13.1. The van der Waals surface area contributed by atoms with Gasteiger partial charge >= 0.3 is 0 Å². The Labute approximate surface area is 109 Å². The topological polar surface area (TPSA) is 48.7 Å². The molecule has 5 heteroatoms. The molecule has 1 aromatic carbocycles. The van der Waals surface area contributed by atoms with Crippen molar-refractivity contribution in [3.05, 3.63) is 47.2 Å². The Balaban J connectivity index is 2.47. The van der Waals surface area contributed by atoms with Gasteiger partial charge in [-0.15, -0.1) is 0 Å². The van der Waals surface area contributed by atoms with Gasteiger partial charge in [-0.1, -0.05) is 0 Å². The van der Waals surface area contributed by atoms with Crippen LogP contribution >= 0.6 is 0 Å². The molecule has 1 aromatic heterocycles. The van der Waals surface area contributed by atoms with Crippen LogP contribution in [-0.2, 0) is 0 Å². The molecule has 0 aliphatic carbocycles. The number of benzene rings is 1. The van der Waals surface area contributed by atoms with E-state index in [0.717, 1.165) is 6.07 Å². The number of halogens is 1. The summed E-state index contributed by atoms with van der Waals surface area (Å²) in [7, 11) is 2.82. The van der Waals surface area contributed by atoms with Gasteiger partial charge < -0.3 is 13.9 Å². The number of carbonyl (C=O) groups excluding carboxylic acids is 1. The molecule has 0 bridgehead atoms. The Morgan fingerprint density at radius 1 is 1.16 bits per heavy atom. The molecule has 19 heavy (non-hydrogen) atoms. The van der Waals surface area contributed by atoms with Crippen LogP contribution in [-0.4, -0.2) is 20.0 Å². The zero-order valence-corrected chi connectivity index (χ0v) is 10.8. The fourth-order valence-electron chi connectivity index (χ4n) is 1.75. The average molecular weight is 264 g/mol. The first-order valence-corrected chi connectivity index (χ1v) is 5.58. The van der Waals surface area contributed by atoms with Crippen LogP contribution in [0.3, 0.4) is 0 Å². The van der Waals surface area contributed by atoms with E-state index in [1.54, 1.807) is 13.0 Å². The van der Waals surface area contributed by atoms with E-state index in [1.165, 1.54) is 26.5 Å². The summed E-state index contributed by atoms with van der Waals surface area (Å²) in [5.41, 5.74) is 0.210. The smallest absolute Gasteiger partial charge is 0.199 e. The Hall–Kier alpha value is -2.30. The van der Waals surface area contributed by atoms with Gasteiger partial charge in [0.2, 0.25) is 0 Å². The van der Waals surface area contributed by atoms with Crippen molar-refractivity contribution in [2.24, 2.45) is 0 Å². The zero-order valence-electron chi connectivity index (χ0n) is 10.8. The summed E-state index contributed by atoms with van der Waals surface area (Å²) in [4.78, 5) is 12.2. The van der Waals surface area contributed by atoms with Gasteiger partial charge in [0.1, 0.15) is 17.8 Å². The molecule has 100 valence electrons. The number of furan rings is 1. The Kier molecular flexibility index (Phi) is 3.55. The number of aryl methyl sites for hydroxylation is 1. The Bertz CT molecular complexity index is 616. The van der Waals surface area contributed by atoms with E-state index in [1.807, 2.05) is 0 Å². The minimum atomic E-state index is -0.665. The second-order valence-electron chi connectivity index (χ2n) is 3.96. The number of ether oxygens (including phenoxy) is 2. The van der Waals surface area contributed by atoms with E-state index in [0.29, 0.717) is 17.1 Å². The fourth-order valence-corrected chi connectivity index (χ4v) is 1.75. The maximum Gasteiger partial charge on any atom is 0.199 e. The van der Waals surface area contributed by atoms with Crippen molar-refractivity contribution in [2.45, 2.75) is 6.92 Å². The van der Waals surface area contributed by atoms with E-state index in [9.17, 15) is 9.18 Å². The van der Waals surface area contributed by atoms with Crippen molar-refractivity contribution >= 4 is 5.78 Å². The van der Waals surface area contributed by atoms with Crippen LogP contribution in [0.1, 0.15) is 21.7 Å². The Morgan fingerprint density at radius 2 is 1.79 bits per heavy atom. The summed E-state index contributed by atoms with van der Waals surface area (Å²) in [5, 5.41) is 0. The van der Waals surface area contributed by atoms with Crippen LogP contribution in [0.4, 0.5) is 4.39 Å². The number of hydrogen-bond donors (Lipinski definition) is 0. The van der Waals surface area contributed by atoms with Gasteiger partial charge in [-0.2, -0.15) is 0 Å². The molecule has 4 nitrogen and oxygen atoms in total. The van der Waals surface area contributed by atoms with Crippen LogP contribution in [0, 0.1) is 12.7 Å². The molecular formula is C14H13FO4. The normalized spacial score (nSPS) is 10.3. The van der Waals surface area contributed by atoms with Crippen molar-refractivity contribution in [3.63, 3.8) is 0 Å². The lowest BCUT2D eigenvalue weighted by Crippen LogP contribution is -2.04. The maximum atomic E-state index is 13.9. The predicted molar refractivity (Wildman–Crippen MR) is 66.4 cm³/mol. The molecule has 0 fully saturated rings. The fraction of sp³-hybridized carbons (Fsp3) is 0.214. The van der Waals surface area contributed by atoms with Gasteiger partial charge in [0, 0.05) is 6.07 Å². The summed E-state index contributed by atoms with van der Waals surface area (Å²) in [6.07, 6.45) is 1.30. The number of carbonyl (C=O) groups is 1. The third-order valence-corrected chi connectivity index (χ3v) is 2.71. The Morgan fingerprint density at radius 3 is 2.32 bits per heavy atom. The van der Waals surface area contributed by atoms with Crippen LogP contribution < -0.4 is 9.47 Å². The van der Waals surface area contributed by atoms with Crippen molar-refractivity contribution in [3.8, 4) is 11.5 Å². The van der Waals surface area contributed by atoms with Gasteiger partial charge in [0.15, 0.2) is 17.3 Å². The number of hydrogen-bond acceptors (Lipinski definition) is 4. The molecule has 1 heterocycles. The molecule has 0 saturated heterocycles. The molecule has 0 N–H and O–H groups in total. The highest BCUT2D eigenvalue weighted by atomic mass is 19.1. The standard InChI is InChI=1S/C14H13FO4/c1-8-4-9(7-19-8)14(16)10-5-12(17-2)13(18-3)6-11(10)15/h4-7H,1-3H3. The third kappa shape index (κ3) is 2.45. The number of ketones is 1. The highest BCUT2D eigenvalue weighted by Gasteiger charge is 2.19. The zero-order chi connectivity index (χ0) is 14.0. The van der Waals surface area contributed by atoms with Crippen molar-refractivity contribution in [2.75, 3.05) is 14.2 Å². The lowest BCUT2D eigenvalue weighted by molar-refractivity contribution is 0.103. The second-order valence-corrected chi connectivity index (χ2v) is 3.96. The SMILES string of the molecule is COc1cc(F)c(C(=O)c2coc(C)c2)cc1OC. The molecule has 0 unspecified atom stereocenters. The molecule has 0 amide bonds. The van der Waals surface area contributed by atoms with E-state index in [4.69, 9.17) is 13.9 Å². The summed E-state index contributed by atoms with van der Waals surface area (Å²) >= 11 is 0. The molecule has 2 aromatic rings. The molecule has 2 rings (SSSR count). The van der Waals surface area contributed by atoms with Gasteiger partial charge in [-0.05, 0) is 19.1 Å². The summed E-state index contributed by atoms with van der Waals surface area (Å²) in [5.74, 6) is -0.00608. The van der Waals surface area contributed by atoms with Crippen molar-refractivity contribution in [1.29, 1.82) is 0 Å². The average Bonchev–Trinajstić information content (AvgIpc) is 2.84. The van der Waals surface area contributed by atoms with Gasteiger partial charge in [-0.25, -0.2) is 4.39 Å². The highest BCUT2D eigenvalue weighted by Crippen LogP contribution is 2.31. The van der Waals surface area contributed by atoms with E-state index in [-0.39, 0.29) is 11.3 Å². The largest absolute Gasteiger partial charge is 0.493 e. The molecule has 0 atom stereocenters. The minimum Gasteiger partial charge on any atom is -0.493 e. The number of methoxy groups -OCH3 is 2. The van der Waals surface area contributed by atoms with Crippen molar-refractivity contribution < 1.29 is 23.1 Å². The summed E-state index contributed by atoms with van der Waals surface area (Å²) < 4.78 is 29.0. The van der Waals surface area contributed by atoms with Crippen LogP contribution in [0.2, 0.25) is 0 Å². The highest BCUT2D eigenvalue weighted by molar-refractivity contribution is 6.09. The molecule has 0 radical (unpaired) electrons. The molecule has 0 aliphatic rings. The third-order valence-electron chi connectivity index (χ3n) is 2.71. The van der Waals surface area contributed by atoms with Gasteiger partial charge in [0.05, 0.1) is 25.3 Å².